The average Bonchev–Trinajstić information content (AvgIpc) is 2.87. The highest BCUT2D eigenvalue weighted by Crippen LogP contribution is 2.46. The monoisotopic (exact) mass is 263 g/mol. The van der Waals surface area contributed by atoms with E-state index in [2.05, 4.69) is 29.4 Å². The summed E-state index contributed by atoms with van der Waals surface area (Å²) >= 11 is 0. The molecule has 0 spiro atoms. The standard InChI is InChI=1S/C14H21N3O2/c1-13(5-3-4-6-13)9-15-10(18)11-16-17-12(19-11)14(2)7-8-14/h3-9H2,1-2H3,(H,15,18). The predicted octanol–water partition coefficient (Wildman–Crippen LogP) is 2.43. The van der Waals surface area contributed by atoms with Gasteiger partial charge in [-0.05, 0) is 31.1 Å². The minimum Gasteiger partial charge on any atom is -0.416 e. The Morgan fingerprint density at radius 2 is 1.89 bits per heavy atom. The van der Waals surface area contributed by atoms with E-state index in [0.717, 1.165) is 12.8 Å². The summed E-state index contributed by atoms with van der Waals surface area (Å²) in [6, 6.07) is 0. The van der Waals surface area contributed by atoms with Crippen LogP contribution < -0.4 is 5.32 Å². The predicted molar refractivity (Wildman–Crippen MR) is 69.8 cm³/mol. The van der Waals surface area contributed by atoms with E-state index in [9.17, 15) is 4.79 Å². The zero-order valence-corrected chi connectivity index (χ0v) is 11.7. The summed E-state index contributed by atoms with van der Waals surface area (Å²) in [5.74, 6) is 0.463. The van der Waals surface area contributed by atoms with Gasteiger partial charge >= 0.3 is 11.8 Å². The Hall–Kier alpha value is -1.39. The molecule has 0 unspecified atom stereocenters. The van der Waals surface area contributed by atoms with Gasteiger partial charge in [0.15, 0.2) is 0 Å². The van der Waals surface area contributed by atoms with Crippen molar-refractivity contribution in [3.05, 3.63) is 11.8 Å². The number of nitrogens with one attached hydrogen (secondary N) is 1. The van der Waals surface area contributed by atoms with Gasteiger partial charge in [0.05, 0.1) is 0 Å². The molecule has 0 atom stereocenters. The summed E-state index contributed by atoms with van der Waals surface area (Å²) in [7, 11) is 0. The minimum atomic E-state index is -0.240. The average molecular weight is 263 g/mol. The molecule has 5 heteroatoms. The second-order valence-electron chi connectivity index (χ2n) is 6.67. The van der Waals surface area contributed by atoms with Crippen molar-refractivity contribution in [2.45, 2.75) is 57.8 Å². The molecule has 0 bridgehead atoms. The van der Waals surface area contributed by atoms with Crippen LogP contribution in [0.2, 0.25) is 0 Å². The molecule has 5 nitrogen and oxygen atoms in total. The van der Waals surface area contributed by atoms with E-state index in [4.69, 9.17) is 4.42 Å². The summed E-state index contributed by atoms with van der Waals surface area (Å²) in [6.07, 6.45) is 7.01. The van der Waals surface area contributed by atoms with Crippen molar-refractivity contribution >= 4 is 5.91 Å². The molecule has 0 aromatic carbocycles. The molecule has 0 radical (unpaired) electrons. The van der Waals surface area contributed by atoms with Crippen molar-refractivity contribution in [3.8, 4) is 0 Å². The molecule has 1 aromatic rings. The molecule has 1 N–H and O–H groups in total. The Balaban J connectivity index is 1.59. The number of nitrogens with zero attached hydrogens (tertiary/aromatic N) is 2. The van der Waals surface area contributed by atoms with Gasteiger partial charge in [-0.2, -0.15) is 0 Å². The van der Waals surface area contributed by atoms with Crippen LogP contribution in [0.3, 0.4) is 0 Å². The van der Waals surface area contributed by atoms with E-state index in [1.54, 1.807) is 0 Å². The molecule has 2 aliphatic rings. The number of hydrogen-bond acceptors (Lipinski definition) is 4. The number of hydrogen-bond donors (Lipinski definition) is 1. The van der Waals surface area contributed by atoms with Gasteiger partial charge in [0.25, 0.3) is 0 Å². The summed E-state index contributed by atoms with van der Waals surface area (Å²) in [6.45, 7) is 5.01. The molecule has 1 heterocycles. The van der Waals surface area contributed by atoms with E-state index in [1.165, 1.54) is 25.7 Å². The van der Waals surface area contributed by atoms with Crippen LogP contribution in [0.1, 0.15) is 68.9 Å². The lowest BCUT2D eigenvalue weighted by molar-refractivity contribution is 0.0897. The van der Waals surface area contributed by atoms with Crippen LogP contribution in [0.25, 0.3) is 0 Å². The molecule has 1 amide bonds. The smallest absolute Gasteiger partial charge is 0.308 e. The molecule has 2 saturated carbocycles. The van der Waals surface area contributed by atoms with Gasteiger partial charge in [0.2, 0.25) is 5.89 Å². The van der Waals surface area contributed by atoms with Crippen molar-refractivity contribution in [1.29, 1.82) is 0 Å². The molecule has 0 saturated heterocycles. The minimum absolute atomic E-state index is 0.0168. The van der Waals surface area contributed by atoms with Crippen molar-refractivity contribution < 1.29 is 9.21 Å². The number of rotatable bonds is 4. The Morgan fingerprint density at radius 3 is 2.53 bits per heavy atom. The third-order valence-corrected chi connectivity index (χ3v) is 4.62. The van der Waals surface area contributed by atoms with Crippen LogP contribution in [-0.2, 0) is 5.41 Å². The quantitative estimate of drug-likeness (QED) is 0.906. The molecule has 1 aromatic heterocycles. The molecule has 3 rings (SSSR count). The fourth-order valence-electron chi connectivity index (χ4n) is 2.73. The zero-order chi connectivity index (χ0) is 13.5. The maximum atomic E-state index is 12.0. The zero-order valence-electron chi connectivity index (χ0n) is 11.7. The van der Waals surface area contributed by atoms with Crippen molar-refractivity contribution in [2.75, 3.05) is 6.54 Å². The van der Waals surface area contributed by atoms with Gasteiger partial charge in [-0.1, -0.05) is 26.7 Å². The van der Waals surface area contributed by atoms with Gasteiger partial charge in [0.1, 0.15) is 0 Å². The normalized spacial score (nSPS) is 23.3. The number of carbonyl (C=O) groups is 1. The molecule has 19 heavy (non-hydrogen) atoms. The molecular weight excluding hydrogens is 242 g/mol. The second-order valence-corrected chi connectivity index (χ2v) is 6.67. The van der Waals surface area contributed by atoms with Gasteiger partial charge in [-0.25, -0.2) is 0 Å². The summed E-state index contributed by atoms with van der Waals surface area (Å²) < 4.78 is 5.49. The first kappa shape index (κ1) is 12.6. The number of amides is 1. The third-order valence-electron chi connectivity index (χ3n) is 4.62. The highest BCUT2D eigenvalue weighted by atomic mass is 16.4. The lowest BCUT2D eigenvalue weighted by Gasteiger charge is -2.23. The van der Waals surface area contributed by atoms with E-state index in [1.807, 2.05) is 0 Å². The van der Waals surface area contributed by atoms with E-state index in [-0.39, 0.29) is 22.6 Å². The lowest BCUT2D eigenvalue weighted by atomic mass is 9.89. The highest BCUT2D eigenvalue weighted by molar-refractivity contribution is 5.89. The van der Waals surface area contributed by atoms with E-state index < -0.39 is 0 Å². The number of aromatic nitrogens is 2. The maximum absolute atomic E-state index is 12.0. The summed E-state index contributed by atoms with van der Waals surface area (Å²) in [5, 5.41) is 10.8. The van der Waals surface area contributed by atoms with Crippen LogP contribution in [0.5, 0.6) is 0 Å². The largest absolute Gasteiger partial charge is 0.416 e. The fourth-order valence-corrected chi connectivity index (χ4v) is 2.73. The Labute approximate surface area is 113 Å². The topological polar surface area (TPSA) is 68.0 Å². The SMILES string of the molecule is CC1(CNC(=O)c2nnc(C3(C)CC3)o2)CCCC1. The number of carbonyl (C=O) groups excluding carboxylic acids is 1. The van der Waals surface area contributed by atoms with Crippen LogP contribution in [0, 0.1) is 5.41 Å². The highest BCUT2D eigenvalue weighted by Gasteiger charge is 2.44. The van der Waals surface area contributed by atoms with Crippen molar-refractivity contribution in [3.63, 3.8) is 0 Å². The Bertz CT molecular complexity index is 485. The van der Waals surface area contributed by atoms with Crippen LogP contribution >= 0.6 is 0 Å². The first-order valence-corrected chi connectivity index (χ1v) is 7.13. The lowest BCUT2D eigenvalue weighted by Crippen LogP contribution is -2.34. The van der Waals surface area contributed by atoms with Gasteiger partial charge in [-0.15, -0.1) is 10.2 Å². The summed E-state index contributed by atoms with van der Waals surface area (Å²) in [4.78, 5) is 12.0. The van der Waals surface area contributed by atoms with Gasteiger partial charge in [0, 0.05) is 12.0 Å². The Kier molecular flexibility index (Phi) is 2.87. The molecule has 2 aliphatic carbocycles. The van der Waals surface area contributed by atoms with Gasteiger partial charge in [-0.3, -0.25) is 4.79 Å². The fraction of sp³-hybridized carbons (Fsp3) is 0.786. The second kappa shape index (κ2) is 4.32. The van der Waals surface area contributed by atoms with Gasteiger partial charge < -0.3 is 9.73 Å². The van der Waals surface area contributed by atoms with Crippen LogP contribution in [0.4, 0.5) is 0 Å². The summed E-state index contributed by atoms with van der Waals surface area (Å²) in [5.41, 5.74) is 0.254. The molecule has 2 fully saturated rings. The van der Waals surface area contributed by atoms with Crippen molar-refractivity contribution in [1.82, 2.24) is 15.5 Å². The first-order chi connectivity index (χ1) is 9.01. The molecule has 0 aliphatic heterocycles. The third kappa shape index (κ3) is 2.51. The van der Waals surface area contributed by atoms with E-state index >= 15 is 0 Å². The van der Waals surface area contributed by atoms with Crippen LogP contribution in [-0.4, -0.2) is 22.6 Å². The first-order valence-electron chi connectivity index (χ1n) is 7.13. The maximum Gasteiger partial charge on any atom is 0.308 e. The molecular formula is C14H21N3O2. The van der Waals surface area contributed by atoms with Crippen LogP contribution in [0.15, 0.2) is 4.42 Å². The molecule has 104 valence electrons. The van der Waals surface area contributed by atoms with Crippen molar-refractivity contribution in [2.24, 2.45) is 5.41 Å². The Morgan fingerprint density at radius 1 is 1.21 bits per heavy atom. The van der Waals surface area contributed by atoms with E-state index in [0.29, 0.717) is 12.4 Å².